The summed E-state index contributed by atoms with van der Waals surface area (Å²) in [6.07, 6.45) is 2.62. The van der Waals surface area contributed by atoms with E-state index in [2.05, 4.69) is 63.5 Å². The monoisotopic (exact) mass is 457 g/mol. The second kappa shape index (κ2) is 11.8. The summed E-state index contributed by atoms with van der Waals surface area (Å²) in [4.78, 5) is 22.6. The number of pyridine rings is 1. The van der Waals surface area contributed by atoms with Crippen LogP contribution in [0.3, 0.4) is 0 Å². The minimum atomic E-state index is -0.437. The number of rotatable bonds is 9. The Labute approximate surface area is 203 Å². The number of hydrogen-bond donors (Lipinski definition) is 2. The first-order valence-corrected chi connectivity index (χ1v) is 12.2. The lowest BCUT2D eigenvalue weighted by molar-refractivity contribution is -0.118. The molecule has 1 aliphatic heterocycles. The zero-order chi connectivity index (χ0) is 23.8. The van der Waals surface area contributed by atoms with Crippen molar-refractivity contribution in [2.24, 2.45) is 0 Å². The number of carbonyl (C=O) groups is 1. The highest BCUT2D eigenvalue weighted by atomic mass is 16.2. The molecule has 0 radical (unpaired) electrons. The Morgan fingerprint density at radius 1 is 0.971 bits per heavy atom. The Hall–Kier alpha value is -3.22. The number of nitrogens with one attached hydrogen (secondary N) is 2. The van der Waals surface area contributed by atoms with Gasteiger partial charge in [-0.1, -0.05) is 67.1 Å². The summed E-state index contributed by atoms with van der Waals surface area (Å²) in [6, 6.07) is 21.9. The number of hydrogen-bond acceptors (Lipinski definition) is 5. The van der Waals surface area contributed by atoms with E-state index in [4.69, 9.17) is 0 Å². The summed E-state index contributed by atoms with van der Waals surface area (Å²) in [5, 5.41) is 6.50. The fourth-order valence-electron chi connectivity index (χ4n) is 4.28. The molecule has 1 aromatic heterocycles. The van der Waals surface area contributed by atoms with Crippen molar-refractivity contribution in [1.29, 1.82) is 0 Å². The maximum atomic E-state index is 13.2. The third-order valence-electron chi connectivity index (χ3n) is 6.44. The van der Waals surface area contributed by atoms with Crippen molar-refractivity contribution in [1.82, 2.24) is 15.2 Å². The Kier molecular flexibility index (Phi) is 8.28. The average Bonchev–Trinajstić information content (AvgIpc) is 2.88. The summed E-state index contributed by atoms with van der Waals surface area (Å²) in [5.41, 5.74) is 4.16. The van der Waals surface area contributed by atoms with Crippen molar-refractivity contribution in [3.05, 3.63) is 89.6 Å². The van der Waals surface area contributed by atoms with Crippen molar-refractivity contribution in [2.75, 3.05) is 49.5 Å². The van der Waals surface area contributed by atoms with Crippen LogP contribution in [0.2, 0.25) is 0 Å². The number of aryl methyl sites for hydroxylation is 1. The van der Waals surface area contributed by atoms with Crippen LogP contribution in [-0.4, -0.2) is 55.1 Å². The van der Waals surface area contributed by atoms with Gasteiger partial charge in [-0.15, -0.1) is 0 Å². The molecule has 1 saturated heterocycles. The van der Waals surface area contributed by atoms with Gasteiger partial charge in [0.15, 0.2) is 0 Å². The van der Waals surface area contributed by atoms with Crippen molar-refractivity contribution < 1.29 is 4.79 Å². The van der Waals surface area contributed by atoms with Crippen LogP contribution >= 0.6 is 0 Å². The predicted octanol–water partition coefficient (Wildman–Crippen LogP) is 4.04. The van der Waals surface area contributed by atoms with E-state index in [0.717, 1.165) is 50.5 Å². The maximum Gasteiger partial charge on any atom is 0.246 e. The molecule has 34 heavy (non-hydrogen) atoms. The lowest BCUT2D eigenvalue weighted by Crippen LogP contribution is -2.46. The fraction of sp³-hybridized carbons (Fsp3) is 0.357. The topological polar surface area (TPSA) is 60.5 Å². The van der Waals surface area contributed by atoms with Crippen molar-refractivity contribution in [3.8, 4) is 0 Å². The third-order valence-corrected chi connectivity index (χ3v) is 6.44. The molecule has 6 nitrogen and oxygen atoms in total. The second-order valence-corrected chi connectivity index (χ2v) is 8.85. The molecule has 0 spiro atoms. The first kappa shape index (κ1) is 23.9. The maximum absolute atomic E-state index is 13.2. The van der Waals surface area contributed by atoms with E-state index >= 15 is 0 Å². The van der Waals surface area contributed by atoms with Gasteiger partial charge < -0.3 is 20.4 Å². The number of aromatic nitrogens is 1. The molecular weight excluding hydrogens is 422 g/mol. The number of benzene rings is 2. The molecule has 2 N–H and O–H groups in total. The van der Waals surface area contributed by atoms with E-state index in [1.165, 1.54) is 11.1 Å². The van der Waals surface area contributed by atoms with Gasteiger partial charge in [-0.25, -0.2) is 4.98 Å². The number of amides is 1. The molecule has 0 unspecified atom stereocenters. The summed E-state index contributed by atoms with van der Waals surface area (Å²) < 4.78 is 0. The van der Waals surface area contributed by atoms with Gasteiger partial charge in [-0.2, -0.15) is 0 Å². The standard InChI is InChI=1S/C28H35N5O/c1-3-32-17-19-33(20-18-32)26-14-13-25(21-30-26)31-28(34)27(24-7-5-4-6-8-24)29-16-15-23-11-9-22(2)10-12-23/h4-14,21,27,29H,3,15-20H2,1-2H3,(H,31,34)/t27-/m1/s1. The van der Waals surface area contributed by atoms with Gasteiger partial charge in [0, 0.05) is 32.7 Å². The van der Waals surface area contributed by atoms with Crippen molar-refractivity contribution in [3.63, 3.8) is 0 Å². The molecule has 6 heteroatoms. The number of anilines is 2. The normalized spacial score (nSPS) is 15.2. The molecule has 0 saturated carbocycles. The molecule has 178 valence electrons. The minimum Gasteiger partial charge on any atom is -0.354 e. The Balaban J connectivity index is 1.37. The molecule has 4 rings (SSSR count). The van der Waals surface area contributed by atoms with E-state index in [9.17, 15) is 4.79 Å². The lowest BCUT2D eigenvalue weighted by Gasteiger charge is -2.34. The summed E-state index contributed by atoms with van der Waals surface area (Å²) >= 11 is 0. The van der Waals surface area contributed by atoms with Crippen LogP contribution in [0.25, 0.3) is 0 Å². The van der Waals surface area contributed by atoms with Gasteiger partial charge in [0.2, 0.25) is 5.91 Å². The van der Waals surface area contributed by atoms with Gasteiger partial charge >= 0.3 is 0 Å². The zero-order valence-electron chi connectivity index (χ0n) is 20.2. The Bertz CT molecular complexity index is 1030. The van der Waals surface area contributed by atoms with Gasteiger partial charge in [0.1, 0.15) is 11.9 Å². The Morgan fingerprint density at radius 2 is 1.71 bits per heavy atom. The molecule has 0 bridgehead atoms. The molecular formula is C28H35N5O. The number of likely N-dealkylation sites (N-methyl/N-ethyl adjacent to an activating group) is 1. The van der Waals surface area contributed by atoms with Gasteiger partial charge in [-0.05, 0) is 43.1 Å². The van der Waals surface area contributed by atoms with E-state index in [1.807, 2.05) is 42.5 Å². The van der Waals surface area contributed by atoms with Crippen LogP contribution < -0.4 is 15.5 Å². The number of carbonyl (C=O) groups excluding carboxylic acids is 1. The summed E-state index contributed by atoms with van der Waals surface area (Å²) in [5.74, 6) is 0.880. The first-order chi connectivity index (χ1) is 16.6. The predicted molar refractivity (Wildman–Crippen MR) is 139 cm³/mol. The summed E-state index contributed by atoms with van der Waals surface area (Å²) in [7, 11) is 0. The van der Waals surface area contributed by atoms with E-state index in [0.29, 0.717) is 12.2 Å². The number of piperazine rings is 1. The molecule has 1 amide bonds. The largest absolute Gasteiger partial charge is 0.354 e. The Morgan fingerprint density at radius 3 is 2.35 bits per heavy atom. The van der Waals surface area contributed by atoms with Crippen LogP contribution in [0.1, 0.15) is 29.7 Å². The van der Waals surface area contributed by atoms with E-state index in [-0.39, 0.29) is 5.91 Å². The smallest absolute Gasteiger partial charge is 0.246 e. The zero-order valence-corrected chi connectivity index (χ0v) is 20.2. The quantitative estimate of drug-likeness (QED) is 0.508. The molecule has 0 aliphatic carbocycles. The van der Waals surface area contributed by atoms with Crippen LogP contribution in [0.15, 0.2) is 72.9 Å². The molecule has 2 heterocycles. The minimum absolute atomic E-state index is 0.0822. The van der Waals surface area contributed by atoms with Crippen LogP contribution in [-0.2, 0) is 11.2 Å². The average molecular weight is 458 g/mol. The van der Waals surface area contributed by atoms with Gasteiger partial charge in [0.05, 0.1) is 11.9 Å². The third kappa shape index (κ3) is 6.43. The molecule has 3 aromatic rings. The number of nitrogens with zero attached hydrogens (tertiary/aromatic N) is 3. The highest BCUT2D eigenvalue weighted by Crippen LogP contribution is 2.19. The fourth-order valence-corrected chi connectivity index (χ4v) is 4.28. The van der Waals surface area contributed by atoms with Crippen LogP contribution in [0.4, 0.5) is 11.5 Å². The second-order valence-electron chi connectivity index (χ2n) is 8.85. The summed E-state index contributed by atoms with van der Waals surface area (Å²) in [6.45, 7) is 10.2. The van der Waals surface area contributed by atoms with E-state index in [1.54, 1.807) is 6.20 Å². The lowest BCUT2D eigenvalue weighted by atomic mass is 10.0. The van der Waals surface area contributed by atoms with Crippen molar-refractivity contribution in [2.45, 2.75) is 26.3 Å². The van der Waals surface area contributed by atoms with Gasteiger partial charge in [0.25, 0.3) is 0 Å². The van der Waals surface area contributed by atoms with Crippen LogP contribution in [0, 0.1) is 6.92 Å². The molecule has 2 aromatic carbocycles. The SMILES string of the molecule is CCN1CCN(c2ccc(NC(=O)[C@H](NCCc3ccc(C)cc3)c3ccccc3)cn2)CC1. The van der Waals surface area contributed by atoms with Gasteiger partial charge in [-0.3, -0.25) is 4.79 Å². The molecule has 1 aliphatic rings. The molecule has 1 fully saturated rings. The highest BCUT2D eigenvalue weighted by molar-refractivity contribution is 5.95. The first-order valence-electron chi connectivity index (χ1n) is 12.2. The molecule has 1 atom stereocenters. The van der Waals surface area contributed by atoms with Crippen LogP contribution in [0.5, 0.6) is 0 Å². The highest BCUT2D eigenvalue weighted by Gasteiger charge is 2.21. The van der Waals surface area contributed by atoms with E-state index < -0.39 is 6.04 Å². The van der Waals surface area contributed by atoms with Crippen molar-refractivity contribution >= 4 is 17.4 Å².